The van der Waals surface area contributed by atoms with Crippen LogP contribution in [0.25, 0.3) is 0 Å². The van der Waals surface area contributed by atoms with Crippen LogP contribution in [0, 0.1) is 23.3 Å². The van der Waals surface area contributed by atoms with Crippen molar-refractivity contribution in [2.75, 3.05) is 11.1 Å². The number of hydrogen-bond acceptors (Lipinski definition) is 7. The first-order chi connectivity index (χ1) is 18.7. The third kappa shape index (κ3) is 17.9. The van der Waals surface area contributed by atoms with Gasteiger partial charge in [-0.25, -0.2) is 17.6 Å². The van der Waals surface area contributed by atoms with Gasteiger partial charge in [-0.2, -0.15) is 0 Å². The summed E-state index contributed by atoms with van der Waals surface area (Å²) < 4.78 is 60.9. The molecule has 0 saturated carbocycles. The van der Waals surface area contributed by atoms with Gasteiger partial charge in [0.25, 0.3) is 0 Å². The van der Waals surface area contributed by atoms with E-state index >= 15 is 0 Å². The average molecular weight is 589 g/mol. The Labute approximate surface area is 236 Å². The van der Waals surface area contributed by atoms with E-state index in [4.69, 9.17) is 20.3 Å². The Bertz CT molecular complexity index is 1150. The number of halogens is 4. The van der Waals surface area contributed by atoms with Crippen molar-refractivity contribution in [2.24, 2.45) is 0 Å². The molecule has 228 valence electrons. The molecule has 1 amide bonds. The molecule has 9 nitrogen and oxygen atoms in total. The summed E-state index contributed by atoms with van der Waals surface area (Å²) in [5.74, 6) is -5.80. The molecule has 0 fully saturated rings. The van der Waals surface area contributed by atoms with Crippen molar-refractivity contribution < 1.29 is 51.3 Å². The molecule has 0 aliphatic rings. The van der Waals surface area contributed by atoms with E-state index in [1.54, 1.807) is 41.5 Å². The van der Waals surface area contributed by atoms with Gasteiger partial charge in [0.15, 0.2) is 0 Å². The van der Waals surface area contributed by atoms with Gasteiger partial charge in [-0.05, 0) is 65.8 Å². The number of aliphatic carboxylic acids is 1. The Morgan fingerprint density at radius 3 is 1.41 bits per heavy atom. The van der Waals surface area contributed by atoms with E-state index in [-0.39, 0.29) is 25.7 Å². The van der Waals surface area contributed by atoms with Crippen LogP contribution in [0.15, 0.2) is 36.4 Å². The lowest BCUT2D eigenvalue weighted by molar-refractivity contribution is -0.157. The third-order valence-electron chi connectivity index (χ3n) is 4.17. The zero-order chi connectivity index (χ0) is 32.0. The first-order valence-corrected chi connectivity index (χ1v) is 12.3. The number of nitrogen functional groups attached to an aromatic ring is 1. The van der Waals surface area contributed by atoms with E-state index in [9.17, 15) is 36.7 Å². The molecule has 0 heterocycles. The summed E-state index contributed by atoms with van der Waals surface area (Å²) in [6.07, 6.45) is -0.594. The maximum absolute atomic E-state index is 13.3. The van der Waals surface area contributed by atoms with Crippen LogP contribution in [0.4, 0.5) is 28.9 Å². The fraction of sp³-hybridized carbons (Fsp3) is 0.429. The topological polar surface area (TPSA) is 145 Å². The van der Waals surface area contributed by atoms with Crippen LogP contribution in [0.2, 0.25) is 0 Å². The molecule has 0 aliphatic carbocycles. The number of carbonyl (C=O) groups is 4. The second-order valence-corrected chi connectivity index (χ2v) is 10.3. The molecule has 0 unspecified atom stereocenters. The molecule has 2 rings (SSSR count). The summed E-state index contributed by atoms with van der Waals surface area (Å²) in [5.41, 5.74) is 2.83. The SMILES string of the molecule is CC(C)(C)OC(=O)CCC(=O)Nc1c(F)cccc1F.CC(C)(C)OC(=O)CCC(=O)O.Nc1c(F)cccc1F. The Balaban J connectivity index is 0.000000645. The number of amides is 1. The number of hydrogen-bond donors (Lipinski definition) is 3. The fourth-order valence-corrected chi connectivity index (χ4v) is 2.54. The minimum Gasteiger partial charge on any atom is -0.481 e. The maximum atomic E-state index is 13.3. The molecule has 2 aromatic rings. The average Bonchev–Trinajstić information content (AvgIpc) is 2.81. The number of ether oxygens (including phenoxy) is 2. The first-order valence-electron chi connectivity index (χ1n) is 12.3. The molecule has 2 aromatic carbocycles. The number of nitrogens with one attached hydrogen (secondary N) is 1. The van der Waals surface area contributed by atoms with Crippen LogP contribution in [-0.2, 0) is 28.7 Å². The van der Waals surface area contributed by atoms with Crippen LogP contribution >= 0.6 is 0 Å². The molecule has 0 bridgehead atoms. The van der Waals surface area contributed by atoms with Crippen molar-refractivity contribution in [1.82, 2.24) is 0 Å². The van der Waals surface area contributed by atoms with Crippen molar-refractivity contribution in [3.8, 4) is 0 Å². The number of nitrogens with two attached hydrogens (primary N) is 1. The normalized spacial score (nSPS) is 10.7. The van der Waals surface area contributed by atoms with Gasteiger partial charge < -0.3 is 25.6 Å². The van der Waals surface area contributed by atoms with Crippen molar-refractivity contribution in [3.05, 3.63) is 59.7 Å². The minimum absolute atomic E-state index is 0.0629. The Kier molecular flexibility index (Phi) is 15.1. The van der Waals surface area contributed by atoms with Crippen LogP contribution in [0.3, 0.4) is 0 Å². The zero-order valence-corrected chi connectivity index (χ0v) is 23.8. The van der Waals surface area contributed by atoms with E-state index in [1.165, 1.54) is 12.1 Å². The number of anilines is 2. The van der Waals surface area contributed by atoms with Crippen molar-refractivity contribution >= 4 is 35.2 Å². The Morgan fingerprint density at radius 2 is 1.07 bits per heavy atom. The molecule has 0 radical (unpaired) electrons. The van der Waals surface area contributed by atoms with Crippen molar-refractivity contribution in [1.29, 1.82) is 0 Å². The second-order valence-electron chi connectivity index (χ2n) is 10.3. The second kappa shape index (κ2) is 16.8. The summed E-state index contributed by atoms with van der Waals surface area (Å²) >= 11 is 0. The molecule has 0 spiro atoms. The van der Waals surface area contributed by atoms with Crippen LogP contribution in [0.1, 0.15) is 67.2 Å². The maximum Gasteiger partial charge on any atom is 0.306 e. The number of benzene rings is 2. The van der Waals surface area contributed by atoms with Gasteiger partial charge in [-0.15, -0.1) is 0 Å². The van der Waals surface area contributed by atoms with Gasteiger partial charge in [0, 0.05) is 6.42 Å². The highest BCUT2D eigenvalue weighted by Gasteiger charge is 2.18. The van der Waals surface area contributed by atoms with E-state index in [0.29, 0.717) is 0 Å². The number of carbonyl (C=O) groups excluding carboxylic acids is 3. The Morgan fingerprint density at radius 1 is 0.707 bits per heavy atom. The van der Waals surface area contributed by atoms with Gasteiger partial charge >= 0.3 is 17.9 Å². The summed E-state index contributed by atoms with van der Waals surface area (Å²) in [4.78, 5) is 43.9. The van der Waals surface area contributed by atoms with E-state index in [0.717, 1.165) is 24.3 Å². The summed E-state index contributed by atoms with van der Waals surface area (Å²) in [6, 6.07) is 6.75. The molecular formula is C28H36F4N2O7. The van der Waals surface area contributed by atoms with E-state index < -0.39 is 69.7 Å². The molecule has 0 atom stereocenters. The lowest BCUT2D eigenvalue weighted by Gasteiger charge is -2.19. The molecular weight excluding hydrogens is 552 g/mol. The highest BCUT2D eigenvalue weighted by atomic mass is 19.1. The summed E-state index contributed by atoms with van der Waals surface area (Å²) in [7, 11) is 0. The molecule has 0 aromatic heterocycles. The highest BCUT2D eigenvalue weighted by Crippen LogP contribution is 2.18. The van der Waals surface area contributed by atoms with Gasteiger partial charge in [-0.1, -0.05) is 12.1 Å². The van der Waals surface area contributed by atoms with Crippen molar-refractivity contribution in [3.63, 3.8) is 0 Å². The van der Waals surface area contributed by atoms with E-state index in [1.807, 2.05) is 0 Å². The number of rotatable bonds is 7. The van der Waals surface area contributed by atoms with E-state index in [2.05, 4.69) is 5.32 Å². The molecule has 41 heavy (non-hydrogen) atoms. The number of esters is 2. The first kappa shape index (κ1) is 36.8. The Hall–Kier alpha value is -4.16. The monoisotopic (exact) mass is 588 g/mol. The standard InChI is InChI=1S/C14H17F2NO3.C8H14O4.C6H5F2N/c1-14(2,3)20-12(19)8-7-11(18)17-13-9(15)5-4-6-10(13)16;1-8(2,3)12-7(11)5-4-6(9)10;7-4-2-1-3-5(8)6(4)9/h4-6H,7-8H2,1-3H3,(H,17,18);4-5H2,1-3H3,(H,9,10);1-3H,9H2. The third-order valence-corrected chi connectivity index (χ3v) is 4.17. The number of carboxylic acid groups (broad SMARTS) is 1. The largest absolute Gasteiger partial charge is 0.481 e. The van der Waals surface area contributed by atoms with Crippen LogP contribution in [-0.4, -0.2) is 40.1 Å². The van der Waals surface area contributed by atoms with Gasteiger partial charge in [-0.3, -0.25) is 19.2 Å². The number of para-hydroxylation sites is 2. The van der Waals surface area contributed by atoms with Crippen LogP contribution < -0.4 is 11.1 Å². The zero-order valence-electron chi connectivity index (χ0n) is 23.8. The number of carboxylic acids is 1. The molecule has 13 heteroatoms. The summed E-state index contributed by atoms with van der Waals surface area (Å²) in [6.45, 7) is 10.3. The lowest BCUT2D eigenvalue weighted by Crippen LogP contribution is -2.25. The van der Waals surface area contributed by atoms with Crippen LogP contribution in [0.5, 0.6) is 0 Å². The smallest absolute Gasteiger partial charge is 0.306 e. The molecule has 0 aliphatic heterocycles. The van der Waals surface area contributed by atoms with Gasteiger partial charge in [0.05, 0.1) is 19.3 Å². The predicted octanol–water partition coefficient (Wildman–Crippen LogP) is 5.77. The fourth-order valence-electron chi connectivity index (χ4n) is 2.54. The predicted molar refractivity (Wildman–Crippen MR) is 144 cm³/mol. The quantitative estimate of drug-likeness (QED) is 0.210. The molecule has 0 saturated heterocycles. The van der Waals surface area contributed by atoms with Crippen molar-refractivity contribution in [2.45, 2.75) is 78.4 Å². The molecule has 4 N–H and O–H groups in total. The lowest BCUT2D eigenvalue weighted by atomic mass is 10.2. The van der Waals surface area contributed by atoms with Gasteiger partial charge in [0.1, 0.15) is 45.8 Å². The highest BCUT2D eigenvalue weighted by molar-refractivity contribution is 5.92. The minimum atomic E-state index is -0.985. The summed E-state index contributed by atoms with van der Waals surface area (Å²) in [5, 5.41) is 10.4. The van der Waals surface area contributed by atoms with Gasteiger partial charge in [0.2, 0.25) is 5.91 Å².